The minimum atomic E-state index is -3.42. The van der Waals surface area contributed by atoms with Crippen LogP contribution in [0.1, 0.15) is 33.0 Å². The Hall–Kier alpha value is -1.22. The van der Waals surface area contributed by atoms with Gasteiger partial charge in [0.15, 0.2) is 0 Å². The van der Waals surface area contributed by atoms with E-state index < -0.39 is 10.0 Å². The van der Waals surface area contributed by atoms with Crippen LogP contribution in [0.2, 0.25) is 0 Å². The number of rotatable bonds is 3. The number of hydrogen-bond acceptors (Lipinski definition) is 5. The third kappa shape index (κ3) is 3.28. The molecule has 5 nitrogen and oxygen atoms in total. The zero-order valence-electron chi connectivity index (χ0n) is 13.8. The van der Waals surface area contributed by atoms with E-state index in [-0.39, 0.29) is 5.91 Å². The predicted molar refractivity (Wildman–Crippen MR) is 99.9 cm³/mol. The van der Waals surface area contributed by atoms with E-state index >= 15 is 0 Å². The molecular formula is C17H20N2O3S3. The average Bonchev–Trinajstić information content (AvgIpc) is 3.31. The van der Waals surface area contributed by atoms with Crippen molar-refractivity contribution in [1.29, 1.82) is 0 Å². The van der Waals surface area contributed by atoms with Crippen LogP contribution in [0.4, 0.5) is 0 Å². The van der Waals surface area contributed by atoms with Crippen LogP contribution in [0.25, 0.3) is 0 Å². The fraction of sp³-hybridized carbons (Fsp3) is 0.471. The minimum Gasteiger partial charge on any atom is -0.335 e. The molecule has 1 aliphatic heterocycles. The second kappa shape index (κ2) is 6.83. The Kier molecular flexibility index (Phi) is 4.70. The number of carbonyl (C=O) groups is 1. The van der Waals surface area contributed by atoms with Gasteiger partial charge in [-0.3, -0.25) is 4.79 Å². The molecule has 1 aliphatic carbocycles. The quantitative estimate of drug-likeness (QED) is 0.802. The molecule has 0 saturated carbocycles. The molecule has 0 bridgehead atoms. The molecule has 1 fully saturated rings. The van der Waals surface area contributed by atoms with Crippen LogP contribution in [0.5, 0.6) is 0 Å². The van der Waals surface area contributed by atoms with Crippen molar-refractivity contribution >= 4 is 38.6 Å². The van der Waals surface area contributed by atoms with E-state index in [1.807, 2.05) is 0 Å². The molecule has 25 heavy (non-hydrogen) atoms. The van der Waals surface area contributed by atoms with Gasteiger partial charge in [-0.15, -0.1) is 22.7 Å². The number of carbonyl (C=O) groups excluding carboxylic acids is 1. The highest BCUT2D eigenvalue weighted by atomic mass is 32.2. The number of nitrogens with zero attached hydrogens (tertiary/aromatic N) is 2. The molecule has 0 unspecified atom stereocenters. The minimum absolute atomic E-state index is 0.0487. The Morgan fingerprint density at radius 3 is 2.52 bits per heavy atom. The molecule has 0 aromatic carbocycles. The lowest BCUT2D eigenvalue weighted by molar-refractivity contribution is 0.0703. The number of thiophene rings is 2. The first kappa shape index (κ1) is 17.2. The number of amides is 1. The van der Waals surface area contributed by atoms with Crippen molar-refractivity contribution in [3.8, 4) is 0 Å². The SMILES string of the molecule is O=C(c1cc2c(s1)CCCC2)N1CCN(S(=O)(=O)c2cccs2)CC1. The first-order chi connectivity index (χ1) is 12.1. The molecule has 2 aliphatic rings. The van der Waals surface area contributed by atoms with E-state index in [0.717, 1.165) is 17.7 Å². The van der Waals surface area contributed by atoms with Crippen molar-refractivity contribution in [3.63, 3.8) is 0 Å². The lowest BCUT2D eigenvalue weighted by atomic mass is 9.99. The summed E-state index contributed by atoms with van der Waals surface area (Å²) in [5, 5.41) is 1.77. The first-order valence-corrected chi connectivity index (χ1v) is 11.6. The number of piperazine rings is 1. The molecule has 1 amide bonds. The molecule has 8 heteroatoms. The molecule has 0 radical (unpaired) electrons. The van der Waals surface area contributed by atoms with Crippen LogP contribution in [0.3, 0.4) is 0 Å². The maximum atomic E-state index is 12.8. The fourth-order valence-corrected chi connectivity index (χ4v) is 7.21. The van der Waals surface area contributed by atoms with Gasteiger partial charge in [0, 0.05) is 31.1 Å². The number of aryl methyl sites for hydroxylation is 2. The van der Waals surface area contributed by atoms with Gasteiger partial charge in [-0.1, -0.05) is 6.07 Å². The summed E-state index contributed by atoms with van der Waals surface area (Å²) in [4.78, 5) is 16.7. The lowest BCUT2D eigenvalue weighted by Gasteiger charge is -2.33. The standard InChI is InChI=1S/C17H20N2O3S3/c20-17(15-12-13-4-1-2-5-14(13)24-15)18-7-9-19(10-8-18)25(21,22)16-6-3-11-23-16/h3,6,11-12H,1-2,4-5,7-10H2. The van der Waals surface area contributed by atoms with Crippen molar-refractivity contribution < 1.29 is 13.2 Å². The van der Waals surface area contributed by atoms with Gasteiger partial charge in [-0.05, 0) is 48.8 Å². The van der Waals surface area contributed by atoms with E-state index in [1.54, 1.807) is 33.7 Å². The summed E-state index contributed by atoms with van der Waals surface area (Å²) in [6.07, 6.45) is 4.57. The zero-order valence-corrected chi connectivity index (χ0v) is 16.3. The summed E-state index contributed by atoms with van der Waals surface area (Å²) >= 11 is 2.85. The molecule has 3 heterocycles. The zero-order chi connectivity index (χ0) is 17.4. The highest BCUT2D eigenvalue weighted by Gasteiger charge is 2.31. The maximum Gasteiger partial charge on any atom is 0.264 e. The predicted octanol–water partition coefficient (Wildman–Crippen LogP) is 2.84. The summed E-state index contributed by atoms with van der Waals surface area (Å²) in [6.45, 7) is 1.62. The topological polar surface area (TPSA) is 57.7 Å². The maximum absolute atomic E-state index is 12.8. The molecule has 0 atom stereocenters. The van der Waals surface area contributed by atoms with Crippen LogP contribution < -0.4 is 0 Å². The Morgan fingerprint density at radius 2 is 1.84 bits per heavy atom. The molecule has 134 valence electrons. The Bertz CT molecular complexity index is 840. The van der Waals surface area contributed by atoms with Crippen molar-refractivity contribution in [2.75, 3.05) is 26.2 Å². The van der Waals surface area contributed by atoms with E-state index in [0.29, 0.717) is 30.4 Å². The monoisotopic (exact) mass is 396 g/mol. The van der Waals surface area contributed by atoms with Crippen LogP contribution >= 0.6 is 22.7 Å². The Labute approximate surface area is 155 Å². The molecule has 2 aromatic rings. The van der Waals surface area contributed by atoms with E-state index in [2.05, 4.69) is 6.07 Å². The van der Waals surface area contributed by atoms with Gasteiger partial charge >= 0.3 is 0 Å². The van der Waals surface area contributed by atoms with E-state index in [4.69, 9.17) is 0 Å². The smallest absolute Gasteiger partial charge is 0.264 e. The third-order valence-electron chi connectivity index (χ3n) is 4.82. The number of fused-ring (bicyclic) bond motifs is 1. The van der Waals surface area contributed by atoms with Crippen molar-refractivity contribution in [2.24, 2.45) is 0 Å². The summed E-state index contributed by atoms with van der Waals surface area (Å²) in [5.41, 5.74) is 1.33. The van der Waals surface area contributed by atoms with Gasteiger partial charge in [0.25, 0.3) is 15.9 Å². The van der Waals surface area contributed by atoms with Crippen LogP contribution in [-0.4, -0.2) is 49.7 Å². The molecule has 2 aromatic heterocycles. The van der Waals surface area contributed by atoms with Crippen molar-refractivity contribution in [3.05, 3.63) is 38.9 Å². The number of sulfonamides is 1. The van der Waals surface area contributed by atoms with Crippen molar-refractivity contribution in [2.45, 2.75) is 29.9 Å². The van der Waals surface area contributed by atoms with Gasteiger partial charge in [0.1, 0.15) is 4.21 Å². The highest BCUT2D eigenvalue weighted by molar-refractivity contribution is 7.91. The molecule has 4 rings (SSSR count). The summed E-state index contributed by atoms with van der Waals surface area (Å²) < 4.78 is 27.0. The second-order valence-corrected chi connectivity index (χ2v) is 10.6. The van der Waals surface area contributed by atoms with Gasteiger partial charge in [0.05, 0.1) is 4.88 Å². The highest BCUT2D eigenvalue weighted by Crippen LogP contribution is 2.31. The molecule has 0 spiro atoms. The first-order valence-electron chi connectivity index (χ1n) is 8.50. The van der Waals surface area contributed by atoms with Crippen molar-refractivity contribution in [1.82, 2.24) is 9.21 Å². The summed E-state index contributed by atoms with van der Waals surface area (Å²) in [7, 11) is -3.42. The normalized spacial score (nSPS) is 19.0. The Balaban J connectivity index is 1.43. The fourth-order valence-electron chi connectivity index (χ4n) is 3.42. The summed E-state index contributed by atoms with van der Waals surface area (Å²) in [6, 6.07) is 5.43. The van der Waals surface area contributed by atoms with Gasteiger partial charge in [-0.2, -0.15) is 4.31 Å². The number of hydrogen-bond donors (Lipinski definition) is 0. The lowest BCUT2D eigenvalue weighted by Crippen LogP contribution is -2.50. The van der Waals surface area contributed by atoms with Gasteiger partial charge < -0.3 is 4.90 Å². The van der Waals surface area contributed by atoms with Crippen LogP contribution in [0, 0.1) is 0 Å². The molecular weight excluding hydrogens is 376 g/mol. The van der Waals surface area contributed by atoms with Gasteiger partial charge in [0.2, 0.25) is 0 Å². The Morgan fingerprint density at radius 1 is 1.08 bits per heavy atom. The van der Waals surface area contributed by atoms with E-state index in [1.165, 1.54) is 38.9 Å². The van der Waals surface area contributed by atoms with Crippen LogP contribution in [-0.2, 0) is 22.9 Å². The largest absolute Gasteiger partial charge is 0.335 e. The van der Waals surface area contributed by atoms with Crippen LogP contribution in [0.15, 0.2) is 27.8 Å². The van der Waals surface area contributed by atoms with E-state index in [9.17, 15) is 13.2 Å². The van der Waals surface area contributed by atoms with Gasteiger partial charge in [-0.25, -0.2) is 8.42 Å². The third-order valence-corrected chi connectivity index (χ3v) is 9.32. The summed E-state index contributed by atoms with van der Waals surface area (Å²) in [5.74, 6) is 0.0487. The molecule has 0 N–H and O–H groups in total. The second-order valence-electron chi connectivity index (χ2n) is 6.39. The average molecular weight is 397 g/mol. The molecule has 1 saturated heterocycles.